The van der Waals surface area contributed by atoms with E-state index in [1.807, 2.05) is 75.4 Å². The molecule has 11 heteroatoms. The minimum atomic E-state index is -1.15. The molecule has 0 saturated carbocycles. The van der Waals surface area contributed by atoms with Crippen molar-refractivity contribution < 1.29 is 23.8 Å². The van der Waals surface area contributed by atoms with Crippen LogP contribution in [0.4, 0.5) is 5.69 Å². The van der Waals surface area contributed by atoms with Crippen LogP contribution >= 0.6 is 0 Å². The lowest BCUT2D eigenvalue weighted by Gasteiger charge is -2.34. The van der Waals surface area contributed by atoms with Crippen LogP contribution < -0.4 is 24.4 Å². The molecular formula is C32H34N6O5. The minimum absolute atomic E-state index is 0.183. The number of benzene rings is 3. The molecule has 43 heavy (non-hydrogen) atoms. The Balaban J connectivity index is 1.72. The third kappa shape index (κ3) is 6.06. The molecule has 1 unspecified atom stereocenters. The fourth-order valence-corrected chi connectivity index (χ4v) is 4.98. The van der Waals surface area contributed by atoms with E-state index in [1.165, 1.54) is 30.9 Å². The van der Waals surface area contributed by atoms with Crippen molar-refractivity contribution in [3.05, 3.63) is 78.5 Å². The molecule has 2 heterocycles. The lowest BCUT2D eigenvalue weighted by atomic mass is 9.99. The lowest BCUT2D eigenvalue weighted by Crippen LogP contribution is -2.50. The third-order valence-electron chi connectivity index (χ3n) is 6.84. The lowest BCUT2D eigenvalue weighted by molar-refractivity contribution is -0.128. The molecule has 222 valence electrons. The highest BCUT2D eigenvalue weighted by Gasteiger charge is 2.36. The number of rotatable bonds is 9. The molecule has 5 aromatic rings. The maximum atomic E-state index is 14.5. The molecule has 0 fully saturated rings. The quantitative estimate of drug-likeness (QED) is 0.266. The van der Waals surface area contributed by atoms with Crippen molar-refractivity contribution in [3.8, 4) is 17.2 Å². The summed E-state index contributed by atoms with van der Waals surface area (Å²) < 4.78 is 18.3. The summed E-state index contributed by atoms with van der Waals surface area (Å²) in [5.74, 6) is 0.235. The largest absolute Gasteiger partial charge is 0.493 e. The van der Waals surface area contributed by atoms with Crippen LogP contribution in [0.25, 0.3) is 21.9 Å². The van der Waals surface area contributed by atoms with Gasteiger partial charge in [-0.25, -0.2) is 4.68 Å². The fraction of sp³-hybridized carbons (Fsp3) is 0.281. The van der Waals surface area contributed by atoms with Crippen LogP contribution in [0.5, 0.6) is 17.2 Å². The highest BCUT2D eigenvalue weighted by atomic mass is 16.5. The predicted octanol–water partition coefficient (Wildman–Crippen LogP) is 4.69. The Labute approximate surface area is 249 Å². The number of nitrogens with one attached hydrogen (secondary N) is 1. The van der Waals surface area contributed by atoms with Crippen molar-refractivity contribution >= 4 is 39.4 Å². The van der Waals surface area contributed by atoms with Gasteiger partial charge in [-0.15, -0.1) is 5.10 Å². The average molecular weight is 583 g/mol. The van der Waals surface area contributed by atoms with E-state index in [1.54, 1.807) is 18.3 Å². The maximum Gasteiger partial charge on any atom is 0.249 e. The molecule has 11 nitrogen and oxygen atoms in total. The van der Waals surface area contributed by atoms with Gasteiger partial charge in [-0.05, 0) is 62.7 Å². The van der Waals surface area contributed by atoms with Crippen molar-refractivity contribution in [1.29, 1.82) is 0 Å². The molecule has 1 atom stereocenters. The van der Waals surface area contributed by atoms with Gasteiger partial charge in [-0.1, -0.05) is 35.5 Å². The molecular weight excluding hydrogens is 548 g/mol. The van der Waals surface area contributed by atoms with E-state index in [0.29, 0.717) is 39.5 Å². The molecule has 0 aliphatic rings. The molecule has 0 saturated heterocycles. The molecule has 0 bridgehead atoms. The molecule has 0 aliphatic carbocycles. The number of methoxy groups -OCH3 is 3. The topological polar surface area (TPSA) is 121 Å². The number of fused-ring (bicyclic) bond motifs is 2. The Morgan fingerprint density at radius 3 is 2.21 bits per heavy atom. The van der Waals surface area contributed by atoms with E-state index in [9.17, 15) is 9.59 Å². The fourth-order valence-electron chi connectivity index (χ4n) is 4.98. The zero-order valence-corrected chi connectivity index (χ0v) is 25.0. The van der Waals surface area contributed by atoms with E-state index in [-0.39, 0.29) is 6.54 Å². The van der Waals surface area contributed by atoms with Gasteiger partial charge in [0.1, 0.15) is 18.1 Å². The van der Waals surface area contributed by atoms with Crippen LogP contribution in [-0.4, -0.2) is 58.7 Å². The smallest absolute Gasteiger partial charge is 0.249 e. The van der Waals surface area contributed by atoms with Crippen LogP contribution in [0.15, 0.2) is 72.9 Å². The zero-order valence-electron chi connectivity index (χ0n) is 25.0. The summed E-state index contributed by atoms with van der Waals surface area (Å²) in [5.41, 5.74) is 2.37. The van der Waals surface area contributed by atoms with Crippen molar-refractivity contribution in [2.45, 2.75) is 38.9 Å². The number of carbonyl (C=O) groups is 2. The summed E-state index contributed by atoms with van der Waals surface area (Å²) >= 11 is 0. The van der Waals surface area contributed by atoms with Gasteiger partial charge in [0.25, 0.3) is 0 Å². The van der Waals surface area contributed by atoms with Gasteiger partial charge in [0.15, 0.2) is 11.5 Å². The number of carbonyl (C=O) groups excluding carboxylic acids is 2. The molecule has 0 spiro atoms. The van der Waals surface area contributed by atoms with Crippen LogP contribution in [0.2, 0.25) is 0 Å². The summed E-state index contributed by atoms with van der Waals surface area (Å²) in [7, 11) is 4.50. The molecule has 1 N–H and O–H groups in total. The van der Waals surface area contributed by atoms with Gasteiger partial charge >= 0.3 is 0 Å². The maximum absolute atomic E-state index is 14.5. The molecule has 0 aliphatic heterocycles. The zero-order chi connectivity index (χ0) is 30.7. The first-order chi connectivity index (χ1) is 20.6. The Morgan fingerprint density at radius 2 is 1.56 bits per heavy atom. The molecule has 3 aromatic carbocycles. The SMILES string of the molecule is COc1cc(C(C(=O)NC(C)(C)C)N(C(=O)Cn2nnc3ccccc32)c2cnc3ccccc3c2)cc(OC)c1OC. The normalized spacial score (nSPS) is 12.1. The number of nitrogens with zero attached hydrogens (tertiary/aromatic N) is 5. The van der Waals surface area contributed by atoms with E-state index >= 15 is 0 Å². The summed E-state index contributed by atoms with van der Waals surface area (Å²) in [4.78, 5) is 34.7. The predicted molar refractivity (Wildman–Crippen MR) is 163 cm³/mol. The number of pyridine rings is 1. The summed E-state index contributed by atoms with van der Waals surface area (Å²) in [5, 5.41) is 12.3. The Morgan fingerprint density at radius 1 is 0.907 bits per heavy atom. The van der Waals surface area contributed by atoms with E-state index in [0.717, 1.165) is 10.9 Å². The number of amides is 2. The Kier molecular flexibility index (Phi) is 8.16. The highest BCUT2D eigenvalue weighted by molar-refractivity contribution is 6.03. The number of anilines is 1. The van der Waals surface area contributed by atoms with E-state index in [2.05, 4.69) is 20.6 Å². The van der Waals surface area contributed by atoms with Crippen LogP contribution in [0.3, 0.4) is 0 Å². The number of hydrogen-bond acceptors (Lipinski definition) is 8. The van der Waals surface area contributed by atoms with Crippen LogP contribution in [0.1, 0.15) is 32.4 Å². The first kappa shape index (κ1) is 29.3. The van der Waals surface area contributed by atoms with Crippen molar-refractivity contribution in [2.24, 2.45) is 0 Å². The van der Waals surface area contributed by atoms with E-state index in [4.69, 9.17) is 14.2 Å². The number of para-hydroxylation sites is 2. The standard InChI is InChI=1S/C32H34N6O5/c1-32(2,3)34-31(40)29(21-16-26(41-4)30(43-6)27(17-21)42-5)38(22-15-20-11-7-8-12-23(20)33-18-22)28(39)19-37-25-14-10-9-13-24(25)35-36-37/h7-18,29H,19H2,1-6H3,(H,34,40). The first-order valence-corrected chi connectivity index (χ1v) is 13.7. The minimum Gasteiger partial charge on any atom is -0.493 e. The summed E-state index contributed by atoms with van der Waals surface area (Å²) in [6, 6.07) is 19.0. The van der Waals surface area contributed by atoms with Gasteiger partial charge in [0, 0.05) is 10.9 Å². The Hall–Kier alpha value is -5.19. The molecule has 2 aromatic heterocycles. The number of ether oxygens (including phenoxy) is 3. The molecule has 2 amide bonds. The Bertz CT molecular complexity index is 1770. The number of hydrogen-bond donors (Lipinski definition) is 1. The monoisotopic (exact) mass is 582 g/mol. The van der Waals surface area contributed by atoms with Gasteiger partial charge in [-0.3, -0.25) is 19.5 Å². The number of aromatic nitrogens is 4. The average Bonchev–Trinajstić information content (AvgIpc) is 3.40. The molecule has 5 rings (SSSR count). The van der Waals surface area contributed by atoms with E-state index < -0.39 is 23.4 Å². The summed E-state index contributed by atoms with van der Waals surface area (Å²) in [6.07, 6.45) is 1.59. The van der Waals surface area contributed by atoms with Crippen molar-refractivity contribution in [2.75, 3.05) is 26.2 Å². The van der Waals surface area contributed by atoms with Crippen LogP contribution in [0, 0.1) is 0 Å². The van der Waals surface area contributed by atoms with Gasteiger partial charge in [0.05, 0.1) is 44.2 Å². The molecule has 0 radical (unpaired) electrons. The third-order valence-corrected chi connectivity index (χ3v) is 6.84. The van der Waals surface area contributed by atoms with Gasteiger partial charge in [0.2, 0.25) is 17.6 Å². The second-order valence-electron chi connectivity index (χ2n) is 11.0. The second-order valence-corrected chi connectivity index (χ2v) is 11.0. The van der Waals surface area contributed by atoms with Crippen LogP contribution in [-0.2, 0) is 16.1 Å². The van der Waals surface area contributed by atoms with Gasteiger partial charge in [-0.2, -0.15) is 0 Å². The van der Waals surface area contributed by atoms with Crippen molar-refractivity contribution in [3.63, 3.8) is 0 Å². The van der Waals surface area contributed by atoms with Crippen molar-refractivity contribution in [1.82, 2.24) is 25.3 Å². The summed E-state index contributed by atoms with van der Waals surface area (Å²) in [6.45, 7) is 5.45. The highest BCUT2D eigenvalue weighted by Crippen LogP contribution is 2.42. The first-order valence-electron chi connectivity index (χ1n) is 13.7. The van der Waals surface area contributed by atoms with Gasteiger partial charge < -0.3 is 19.5 Å². The second kappa shape index (κ2) is 12.0.